The SMILES string of the molecule is CCNC(=NCc1ccc(N2CCOC(C)C2)nc1)N1CCC(N2CCOCC2)C1. The molecule has 166 valence electrons. The van der Waals surface area contributed by atoms with Gasteiger partial charge < -0.3 is 24.6 Å². The van der Waals surface area contributed by atoms with E-state index in [1.807, 2.05) is 6.20 Å². The number of hydrogen-bond donors (Lipinski definition) is 1. The molecule has 1 aromatic heterocycles. The van der Waals surface area contributed by atoms with Crippen molar-refractivity contribution in [1.82, 2.24) is 20.1 Å². The van der Waals surface area contributed by atoms with Crippen LogP contribution < -0.4 is 10.2 Å². The average molecular weight is 417 g/mol. The highest BCUT2D eigenvalue weighted by molar-refractivity contribution is 5.80. The van der Waals surface area contributed by atoms with Crippen molar-refractivity contribution in [3.05, 3.63) is 23.9 Å². The van der Waals surface area contributed by atoms with Crippen LogP contribution in [0.3, 0.4) is 0 Å². The quantitative estimate of drug-likeness (QED) is 0.571. The van der Waals surface area contributed by atoms with Gasteiger partial charge in [0.1, 0.15) is 5.82 Å². The molecule has 0 radical (unpaired) electrons. The van der Waals surface area contributed by atoms with Crippen LogP contribution in [0.15, 0.2) is 23.3 Å². The van der Waals surface area contributed by atoms with Gasteiger partial charge in [0.15, 0.2) is 5.96 Å². The smallest absolute Gasteiger partial charge is 0.194 e. The van der Waals surface area contributed by atoms with E-state index < -0.39 is 0 Å². The van der Waals surface area contributed by atoms with Crippen LogP contribution in [0.2, 0.25) is 0 Å². The predicted molar refractivity (Wildman–Crippen MR) is 119 cm³/mol. The van der Waals surface area contributed by atoms with Crippen LogP contribution in [-0.4, -0.2) is 98.5 Å². The van der Waals surface area contributed by atoms with Crippen LogP contribution in [0, 0.1) is 0 Å². The van der Waals surface area contributed by atoms with Crippen LogP contribution in [0.25, 0.3) is 0 Å². The monoisotopic (exact) mass is 416 g/mol. The van der Waals surface area contributed by atoms with Crippen LogP contribution in [0.4, 0.5) is 5.82 Å². The third-order valence-corrected chi connectivity index (χ3v) is 6.15. The molecule has 2 atom stereocenters. The first kappa shape index (κ1) is 21.3. The lowest BCUT2D eigenvalue weighted by atomic mass is 10.2. The molecule has 2 unspecified atom stereocenters. The normalized spacial score (nSPS) is 26.3. The van der Waals surface area contributed by atoms with Gasteiger partial charge in [-0.05, 0) is 31.9 Å². The number of aromatic nitrogens is 1. The Bertz CT molecular complexity index is 691. The van der Waals surface area contributed by atoms with Gasteiger partial charge in [0.05, 0.1) is 32.5 Å². The second kappa shape index (κ2) is 10.4. The lowest BCUT2D eigenvalue weighted by Gasteiger charge is -2.32. The van der Waals surface area contributed by atoms with E-state index >= 15 is 0 Å². The van der Waals surface area contributed by atoms with E-state index in [1.54, 1.807) is 0 Å². The van der Waals surface area contributed by atoms with Crippen molar-refractivity contribution in [2.45, 2.75) is 39.0 Å². The fourth-order valence-corrected chi connectivity index (χ4v) is 4.49. The van der Waals surface area contributed by atoms with Crippen molar-refractivity contribution in [3.63, 3.8) is 0 Å². The van der Waals surface area contributed by atoms with E-state index in [9.17, 15) is 0 Å². The summed E-state index contributed by atoms with van der Waals surface area (Å²) in [5, 5.41) is 3.48. The van der Waals surface area contributed by atoms with Crippen LogP contribution in [0.5, 0.6) is 0 Å². The molecule has 3 aliphatic heterocycles. The van der Waals surface area contributed by atoms with E-state index in [2.05, 4.69) is 51.0 Å². The van der Waals surface area contributed by atoms with E-state index in [4.69, 9.17) is 14.5 Å². The van der Waals surface area contributed by atoms with Gasteiger partial charge in [-0.3, -0.25) is 4.90 Å². The van der Waals surface area contributed by atoms with E-state index in [1.165, 1.54) is 6.42 Å². The van der Waals surface area contributed by atoms with Crippen LogP contribution in [0.1, 0.15) is 25.8 Å². The maximum absolute atomic E-state index is 5.63. The molecule has 0 aliphatic carbocycles. The number of morpholine rings is 2. The van der Waals surface area contributed by atoms with Crippen molar-refractivity contribution < 1.29 is 9.47 Å². The Labute approximate surface area is 180 Å². The van der Waals surface area contributed by atoms with Gasteiger partial charge in [0, 0.05) is 58.1 Å². The highest BCUT2D eigenvalue weighted by Gasteiger charge is 2.30. The maximum atomic E-state index is 5.63. The fraction of sp³-hybridized carbons (Fsp3) is 0.727. The molecule has 3 saturated heterocycles. The minimum absolute atomic E-state index is 0.259. The molecule has 4 rings (SSSR count). The summed E-state index contributed by atoms with van der Waals surface area (Å²) in [6.45, 7) is 14.2. The summed E-state index contributed by atoms with van der Waals surface area (Å²) in [7, 11) is 0. The molecule has 8 heteroatoms. The number of anilines is 1. The molecule has 8 nitrogen and oxygen atoms in total. The topological polar surface area (TPSA) is 65.5 Å². The Kier molecular flexibility index (Phi) is 7.41. The average Bonchev–Trinajstić information content (AvgIpc) is 3.28. The number of pyridine rings is 1. The summed E-state index contributed by atoms with van der Waals surface area (Å²) in [5.74, 6) is 2.04. The van der Waals surface area contributed by atoms with Crippen LogP contribution >= 0.6 is 0 Å². The molecule has 1 N–H and O–H groups in total. The lowest BCUT2D eigenvalue weighted by molar-refractivity contribution is 0.0195. The first-order valence-electron chi connectivity index (χ1n) is 11.4. The van der Waals surface area contributed by atoms with Crippen molar-refractivity contribution in [3.8, 4) is 0 Å². The standard InChI is InChI=1S/C22H36N6O2/c1-3-23-22(28-7-6-20(17-28)26-8-11-29-12-9-26)25-15-19-4-5-21(24-14-19)27-10-13-30-18(2)16-27/h4-5,14,18,20H,3,6-13,15-17H2,1-2H3,(H,23,25). The second-order valence-corrected chi connectivity index (χ2v) is 8.36. The number of nitrogens with zero attached hydrogens (tertiary/aromatic N) is 5. The lowest BCUT2D eigenvalue weighted by Crippen LogP contribution is -2.46. The molecular formula is C22H36N6O2. The highest BCUT2D eigenvalue weighted by Crippen LogP contribution is 2.18. The Hall–Kier alpha value is -1.90. The number of hydrogen-bond acceptors (Lipinski definition) is 6. The molecule has 1 aromatic rings. The van der Waals surface area contributed by atoms with Gasteiger partial charge in [-0.2, -0.15) is 0 Å². The van der Waals surface area contributed by atoms with Crippen molar-refractivity contribution in [1.29, 1.82) is 0 Å². The number of rotatable bonds is 5. The Morgan fingerprint density at radius 3 is 2.77 bits per heavy atom. The summed E-state index contributed by atoms with van der Waals surface area (Å²) < 4.78 is 11.1. The third-order valence-electron chi connectivity index (χ3n) is 6.15. The molecule has 4 heterocycles. The zero-order valence-electron chi connectivity index (χ0n) is 18.4. The Balaban J connectivity index is 1.34. The third kappa shape index (κ3) is 5.42. The molecule has 0 amide bonds. The molecule has 0 aromatic carbocycles. The summed E-state index contributed by atoms with van der Waals surface area (Å²) in [5.41, 5.74) is 1.14. The zero-order chi connectivity index (χ0) is 20.8. The zero-order valence-corrected chi connectivity index (χ0v) is 18.4. The van der Waals surface area contributed by atoms with Crippen molar-refractivity contribution >= 4 is 11.8 Å². The Morgan fingerprint density at radius 2 is 2.03 bits per heavy atom. The van der Waals surface area contributed by atoms with E-state index in [0.29, 0.717) is 12.6 Å². The summed E-state index contributed by atoms with van der Waals surface area (Å²) >= 11 is 0. The second-order valence-electron chi connectivity index (χ2n) is 8.36. The molecule has 0 spiro atoms. The number of ether oxygens (including phenoxy) is 2. The number of likely N-dealkylation sites (tertiary alicyclic amines) is 1. The van der Waals surface area contributed by atoms with Gasteiger partial charge in [0.2, 0.25) is 0 Å². The minimum atomic E-state index is 0.259. The largest absolute Gasteiger partial charge is 0.379 e. The Morgan fingerprint density at radius 1 is 1.17 bits per heavy atom. The minimum Gasteiger partial charge on any atom is -0.379 e. The number of guanidine groups is 1. The molecule has 3 fully saturated rings. The predicted octanol–water partition coefficient (Wildman–Crippen LogP) is 1.18. The number of aliphatic imine (C=N–C) groups is 1. The first-order valence-corrected chi connectivity index (χ1v) is 11.4. The molecule has 0 saturated carbocycles. The molecule has 3 aliphatic rings. The fourth-order valence-electron chi connectivity index (χ4n) is 4.49. The van der Waals surface area contributed by atoms with Gasteiger partial charge >= 0.3 is 0 Å². The number of nitrogens with one attached hydrogen (secondary N) is 1. The maximum Gasteiger partial charge on any atom is 0.194 e. The van der Waals surface area contributed by atoms with E-state index in [0.717, 1.165) is 83.0 Å². The summed E-state index contributed by atoms with van der Waals surface area (Å²) in [6.07, 6.45) is 3.41. The molecular weight excluding hydrogens is 380 g/mol. The van der Waals surface area contributed by atoms with Crippen molar-refractivity contribution in [2.24, 2.45) is 4.99 Å². The van der Waals surface area contributed by atoms with Gasteiger partial charge in [0.25, 0.3) is 0 Å². The van der Waals surface area contributed by atoms with E-state index in [-0.39, 0.29) is 6.10 Å². The molecule has 0 bridgehead atoms. The van der Waals surface area contributed by atoms with Gasteiger partial charge in [-0.15, -0.1) is 0 Å². The van der Waals surface area contributed by atoms with Crippen LogP contribution in [-0.2, 0) is 16.0 Å². The van der Waals surface area contributed by atoms with Gasteiger partial charge in [-0.1, -0.05) is 6.07 Å². The van der Waals surface area contributed by atoms with Gasteiger partial charge in [-0.25, -0.2) is 9.98 Å². The first-order chi connectivity index (χ1) is 14.7. The highest BCUT2D eigenvalue weighted by atomic mass is 16.5. The summed E-state index contributed by atoms with van der Waals surface area (Å²) in [4.78, 5) is 16.9. The van der Waals surface area contributed by atoms with Crippen molar-refractivity contribution in [2.75, 3.05) is 70.5 Å². The summed E-state index contributed by atoms with van der Waals surface area (Å²) in [6, 6.07) is 4.87. The molecule has 30 heavy (non-hydrogen) atoms.